The first-order valence-electron chi connectivity index (χ1n) is 11.4. The molecule has 2 aromatic heterocycles. The van der Waals surface area contributed by atoms with E-state index in [9.17, 15) is 9.59 Å². The van der Waals surface area contributed by atoms with Crippen molar-refractivity contribution in [3.8, 4) is 0 Å². The SMILES string of the molecule is Cc1cccc(CSc2nnc3n(C)c(=O)c4ccc(C(=O)NC5CCCCC5)cc4n23)c1. The Balaban J connectivity index is 1.53. The topological polar surface area (TPSA) is 81.3 Å². The van der Waals surface area contributed by atoms with Gasteiger partial charge in [0.2, 0.25) is 5.78 Å². The van der Waals surface area contributed by atoms with Gasteiger partial charge in [-0.05, 0) is 43.5 Å². The molecule has 0 atom stereocenters. The van der Waals surface area contributed by atoms with Crippen molar-refractivity contribution < 1.29 is 4.79 Å². The lowest BCUT2D eigenvalue weighted by Crippen LogP contribution is -2.36. The van der Waals surface area contributed by atoms with Crippen LogP contribution in [0.3, 0.4) is 0 Å². The molecule has 1 saturated carbocycles. The number of hydrogen-bond donors (Lipinski definition) is 1. The molecule has 2 aromatic carbocycles. The largest absolute Gasteiger partial charge is 0.349 e. The van der Waals surface area contributed by atoms with Crippen LogP contribution in [0, 0.1) is 6.92 Å². The number of rotatable bonds is 5. The summed E-state index contributed by atoms with van der Waals surface area (Å²) in [5, 5.41) is 13.0. The molecule has 1 aliphatic rings. The molecule has 0 aliphatic heterocycles. The van der Waals surface area contributed by atoms with Crippen molar-refractivity contribution in [1.29, 1.82) is 0 Å². The molecule has 0 unspecified atom stereocenters. The van der Waals surface area contributed by atoms with Crippen LogP contribution in [0.25, 0.3) is 16.7 Å². The lowest BCUT2D eigenvalue weighted by atomic mass is 9.95. The highest BCUT2D eigenvalue weighted by molar-refractivity contribution is 7.98. The molecule has 1 N–H and O–H groups in total. The Morgan fingerprint density at radius 2 is 1.94 bits per heavy atom. The number of carbonyl (C=O) groups is 1. The van der Waals surface area contributed by atoms with E-state index < -0.39 is 0 Å². The molecular formula is C25H27N5O2S. The standard InChI is InChI=1S/C25H27N5O2S/c1-16-7-6-8-17(13-16)15-33-25-28-27-24-29(2)23(32)20-12-11-18(14-21(20)30(24)25)22(31)26-19-9-4-3-5-10-19/h6-8,11-14,19H,3-5,9-10,15H2,1-2H3,(H,26,31). The Kier molecular flexibility index (Phi) is 5.93. The Bertz CT molecular complexity index is 1400. The molecule has 8 heteroatoms. The van der Waals surface area contributed by atoms with Crippen LogP contribution in [0.4, 0.5) is 0 Å². The molecule has 1 amide bonds. The first-order valence-corrected chi connectivity index (χ1v) is 12.4. The Labute approximate surface area is 196 Å². The van der Waals surface area contributed by atoms with Crippen molar-refractivity contribution in [2.75, 3.05) is 0 Å². The molecule has 0 saturated heterocycles. The second-order valence-corrected chi connectivity index (χ2v) is 9.74. The van der Waals surface area contributed by atoms with Crippen LogP contribution in [0.15, 0.2) is 52.4 Å². The molecule has 33 heavy (non-hydrogen) atoms. The van der Waals surface area contributed by atoms with Crippen molar-refractivity contribution in [3.63, 3.8) is 0 Å². The van der Waals surface area contributed by atoms with Crippen molar-refractivity contribution in [2.45, 2.75) is 56.0 Å². The van der Waals surface area contributed by atoms with Gasteiger partial charge in [-0.3, -0.25) is 18.6 Å². The molecule has 2 heterocycles. The Morgan fingerprint density at radius 3 is 2.73 bits per heavy atom. The van der Waals surface area contributed by atoms with Gasteiger partial charge in [-0.2, -0.15) is 0 Å². The number of benzene rings is 2. The van der Waals surface area contributed by atoms with E-state index >= 15 is 0 Å². The molecule has 170 valence electrons. The fourth-order valence-electron chi connectivity index (χ4n) is 4.56. The number of thioether (sulfide) groups is 1. The number of hydrogen-bond acceptors (Lipinski definition) is 5. The fourth-order valence-corrected chi connectivity index (χ4v) is 5.44. The monoisotopic (exact) mass is 461 g/mol. The van der Waals surface area contributed by atoms with E-state index in [-0.39, 0.29) is 17.5 Å². The van der Waals surface area contributed by atoms with Crippen LogP contribution in [0.2, 0.25) is 0 Å². The maximum absolute atomic E-state index is 13.0. The van der Waals surface area contributed by atoms with Crippen molar-refractivity contribution in [2.24, 2.45) is 7.05 Å². The van der Waals surface area contributed by atoms with Gasteiger partial charge < -0.3 is 5.32 Å². The van der Waals surface area contributed by atoms with Gasteiger partial charge >= 0.3 is 0 Å². The summed E-state index contributed by atoms with van der Waals surface area (Å²) < 4.78 is 3.39. The number of nitrogens with one attached hydrogen (secondary N) is 1. The van der Waals surface area contributed by atoms with Gasteiger partial charge in [-0.15, -0.1) is 10.2 Å². The van der Waals surface area contributed by atoms with E-state index in [2.05, 4.69) is 40.6 Å². The minimum absolute atomic E-state index is 0.0975. The fraction of sp³-hybridized carbons (Fsp3) is 0.360. The molecule has 7 nitrogen and oxygen atoms in total. The van der Waals surface area contributed by atoms with E-state index in [1.54, 1.807) is 37.0 Å². The normalized spacial score (nSPS) is 14.7. The van der Waals surface area contributed by atoms with Crippen molar-refractivity contribution in [1.82, 2.24) is 24.5 Å². The summed E-state index contributed by atoms with van der Waals surface area (Å²) in [4.78, 5) is 25.9. The van der Waals surface area contributed by atoms with Gasteiger partial charge in [-0.25, -0.2) is 0 Å². The minimum atomic E-state index is -0.153. The molecule has 0 radical (unpaired) electrons. The third-order valence-electron chi connectivity index (χ3n) is 6.34. The van der Waals surface area contributed by atoms with Gasteiger partial charge in [-0.1, -0.05) is 60.9 Å². The average Bonchev–Trinajstić information content (AvgIpc) is 3.26. The van der Waals surface area contributed by atoms with Gasteiger partial charge in [0, 0.05) is 24.4 Å². The van der Waals surface area contributed by atoms with Crippen molar-refractivity contribution >= 4 is 34.3 Å². The van der Waals surface area contributed by atoms with Crippen LogP contribution in [-0.4, -0.2) is 31.1 Å². The van der Waals surface area contributed by atoms with Gasteiger partial charge in [0.05, 0.1) is 10.9 Å². The summed E-state index contributed by atoms with van der Waals surface area (Å²) in [5.41, 5.74) is 3.45. The highest BCUT2D eigenvalue weighted by Crippen LogP contribution is 2.25. The highest BCUT2D eigenvalue weighted by Gasteiger charge is 2.20. The maximum Gasteiger partial charge on any atom is 0.262 e. The number of amides is 1. The van der Waals surface area contributed by atoms with Crippen LogP contribution < -0.4 is 10.9 Å². The summed E-state index contributed by atoms with van der Waals surface area (Å²) in [7, 11) is 1.70. The lowest BCUT2D eigenvalue weighted by Gasteiger charge is -2.22. The average molecular weight is 462 g/mol. The van der Waals surface area contributed by atoms with Crippen LogP contribution in [0.1, 0.15) is 53.6 Å². The van der Waals surface area contributed by atoms with E-state index in [4.69, 9.17) is 0 Å². The third kappa shape index (κ3) is 4.27. The summed E-state index contributed by atoms with van der Waals surface area (Å²) in [6.07, 6.45) is 5.59. The summed E-state index contributed by atoms with van der Waals surface area (Å²) in [6.45, 7) is 2.07. The predicted molar refractivity (Wildman–Crippen MR) is 131 cm³/mol. The van der Waals surface area contributed by atoms with Crippen molar-refractivity contribution in [3.05, 3.63) is 69.5 Å². The van der Waals surface area contributed by atoms with Crippen LogP contribution in [-0.2, 0) is 12.8 Å². The molecular weight excluding hydrogens is 434 g/mol. The van der Waals surface area contributed by atoms with Crippen LogP contribution in [0.5, 0.6) is 0 Å². The molecule has 4 aromatic rings. The zero-order chi connectivity index (χ0) is 22.9. The number of aryl methyl sites for hydroxylation is 2. The number of aromatic nitrogens is 4. The summed E-state index contributed by atoms with van der Waals surface area (Å²) in [5.74, 6) is 1.10. The zero-order valence-electron chi connectivity index (χ0n) is 18.9. The number of fused-ring (bicyclic) bond motifs is 3. The lowest BCUT2D eigenvalue weighted by molar-refractivity contribution is 0.0928. The van der Waals surface area contributed by atoms with Crippen LogP contribution >= 0.6 is 11.8 Å². The maximum atomic E-state index is 13.0. The quantitative estimate of drug-likeness (QED) is 0.450. The Hall–Kier alpha value is -3.13. The highest BCUT2D eigenvalue weighted by atomic mass is 32.2. The molecule has 0 spiro atoms. The van der Waals surface area contributed by atoms with E-state index in [0.717, 1.165) is 31.4 Å². The summed E-state index contributed by atoms with van der Waals surface area (Å²) >= 11 is 1.56. The Morgan fingerprint density at radius 1 is 1.12 bits per heavy atom. The number of nitrogens with zero attached hydrogens (tertiary/aromatic N) is 4. The molecule has 1 aliphatic carbocycles. The van der Waals surface area contributed by atoms with Gasteiger partial charge in [0.15, 0.2) is 5.16 Å². The van der Waals surface area contributed by atoms with E-state index in [1.807, 2.05) is 10.5 Å². The number of carbonyl (C=O) groups excluding carboxylic acids is 1. The predicted octanol–water partition coefficient (Wildman–Crippen LogP) is 4.24. The van der Waals surface area contributed by atoms with Gasteiger partial charge in [0.25, 0.3) is 11.5 Å². The van der Waals surface area contributed by atoms with Gasteiger partial charge in [0.1, 0.15) is 0 Å². The summed E-state index contributed by atoms with van der Waals surface area (Å²) in [6, 6.07) is 13.8. The first kappa shape index (κ1) is 21.7. The third-order valence-corrected chi connectivity index (χ3v) is 7.34. The van der Waals surface area contributed by atoms with E-state index in [0.29, 0.717) is 27.4 Å². The second-order valence-electron chi connectivity index (χ2n) is 8.80. The minimum Gasteiger partial charge on any atom is -0.349 e. The van der Waals surface area contributed by atoms with E-state index in [1.165, 1.54) is 22.1 Å². The second kappa shape index (κ2) is 9.02. The molecule has 1 fully saturated rings. The molecule has 5 rings (SSSR count). The smallest absolute Gasteiger partial charge is 0.262 e. The molecule has 0 bridgehead atoms. The first-order chi connectivity index (χ1) is 16.0. The zero-order valence-corrected chi connectivity index (χ0v) is 19.7.